The molecule has 0 aromatic carbocycles. The molecule has 0 aliphatic carbocycles. The predicted molar refractivity (Wildman–Crippen MR) is 105 cm³/mol. The molecule has 0 amide bonds. The van der Waals surface area contributed by atoms with Gasteiger partial charge in [0, 0.05) is 5.57 Å². The van der Waals surface area contributed by atoms with Crippen LogP contribution >= 0.6 is 0 Å². The Morgan fingerprint density at radius 1 is 1.17 bits per heavy atom. The summed E-state index contributed by atoms with van der Waals surface area (Å²) in [7, 11) is -4.98. The Bertz CT molecular complexity index is 406. The van der Waals surface area contributed by atoms with E-state index in [1.54, 1.807) is 6.92 Å². The maximum atomic E-state index is 11.9. The lowest BCUT2D eigenvalue weighted by Crippen LogP contribution is -2.60. The predicted octanol–water partition coefficient (Wildman–Crippen LogP) is 4.06. The molecule has 23 heavy (non-hydrogen) atoms. The quantitative estimate of drug-likeness (QED) is 0.236. The van der Waals surface area contributed by atoms with Crippen LogP contribution in [-0.2, 0) is 17.8 Å². The van der Waals surface area contributed by atoms with Gasteiger partial charge in [0.1, 0.15) is 15.0 Å². The Morgan fingerprint density at radius 3 is 2.22 bits per heavy atom. The van der Waals surface area contributed by atoms with Gasteiger partial charge in [-0.3, -0.25) is 0 Å². The van der Waals surface area contributed by atoms with Gasteiger partial charge in [-0.05, 0) is 53.0 Å². The first kappa shape index (κ1) is 22.8. The minimum Gasteiger partial charge on any atom is -0.457 e. The van der Waals surface area contributed by atoms with Crippen molar-refractivity contribution in [2.24, 2.45) is 0 Å². The van der Waals surface area contributed by atoms with Gasteiger partial charge in [0.2, 0.25) is 8.32 Å². The van der Waals surface area contributed by atoms with Gasteiger partial charge in [-0.1, -0.05) is 32.8 Å². The summed E-state index contributed by atoms with van der Waals surface area (Å²) in [6.07, 6.45) is 3.78. The summed E-state index contributed by atoms with van der Waals surface area (Å²) in [4.78, 5) is 11.9. The highest BCUT2D eigenvalue weighted by Gasteiger charge is 2.48. The highest BCUT2D eigenvalue weighted by molar-refractivity contribution is 6.85. The van der Waals surface area contributed by atoms with E-state index in [1.165, 1.54) is 25.3 Å². The molecule has 0 aromatic rings. The van der Waals surface area contributed by atoms with Crippen molar-refractivity contribution in [2.75, 3.05) is 0 Å². The van der Waals surface area contributed by atoms with Crippen LogP contribution in [0.5, 0.6) is 0 Å². The van der Waals surface area contributed by atoms with Crippen molar-refractivity contribution in [3.8, 4) is 0 Å². The molecule has 0 radical (unpaired) electrons. The largest absolute Gasteiger partial charge is 0.457 e. The average molecular weight is 377 g/mol. The maximum absolute atomic E-state index is 11.9. The Morgan fingerprint density at radius 2 is 1.74 bits per heavy atom. The van der Waals surface area contributed by atoms with E-state index in [1.807, 2.05) is 13.8 Å². The van der Waals surface area contributed by atoms with Crippen molar-refractivity contribution in [3.05, 3.63) is 12.2 Å². The minimum absolute atomic E-state index is 0.353. The molecule has 0 saturated heterocycles. The second-order valence-corrected chi connectivity index (χ2v) is 17.7. The van der Waals surface area contributed by atoms with Gasteiger partial charge >= 0.3 is 14.5 Å². The molecule has 0 bridgehead atoms. The van der Waals surface area contributed by atoms with E-state index < -0.39 is 31.9 Å². The van der Waals surface area contributed by atoms with Gasteiger partial charge < -0.3 is 13.0 Å². The van der Waals surface area contributed by atoms with Crippen LogP contribution in [0.15, 0.2) is 12.2 Å². The third-order valence-corrected chi connectivity index (χ3v) is 15.5. The van der Waals surface area contributed by atoms with E-state index in [-0.39, 0.29) is 5.97 Å². The summed E-state index contributed by atoms with van der Waals surface area (Å²) in [6, 6.07) is 1.21. The van der Waals surface area contributed by atoms with Crippen LogP contribution < -0.4 is 0 Å². The zero-order chi connectivity index (χ0) is 18.3. The first-order chi connectivity index (χ1) is 10.3. The molecular weight excluding hydrogens is 340 g/mol. The molecule has 0 heterocycles. The van der Waals surface area contributed by atoms with Crippen molar-refractivity contribution >= 4 is 32.6 Å². The first-order valence-electron chi connectivity index (χ1n) is 8.57. The maximum Gasteiger partial charge on any atom is 0.333 e. The second kappa shape index (κ2) is 9.31. The van der Waals surface area contributed by atoms with Crippen LogP contribution in [0, 0.1) is 0 Å². The van der Waals surface area contributed by atoms with Crippen LogP contribution in [0.25, 0.3) is 0 Å². The van der Waals surface area contributed by atoms with E-state index in [0.717, 1.165) is 0 Å². The van der Waals surface area contributed by atoms with Gasteiger partial charge in [-0.25, -0.2) is 4.79 Å². The van der Waals surface area contributed by atoms with E-state index in [9.17, 15) is 4.79 Å². The summed E-state index contributed by atoms with van der Waals surface area (Å²) in [5.41, 5.74) is 0.416. The summed E-state index contributed by atoms with van der Waals surface area (Å²) >= 11 is 0. The van der Waals surface area contributed by atoms with Crippen molar-refractivity contribution < 1.29 is 17.8 Å². The lowest BCUT2D eigenvalue weighted by atomic mass is 10.3. The molecule has 0 aliphatic rings. The zero-order valence-corrected chi connectivity index (χ0v) is 19.8. The van der Waals surface area contributed by atoms with Gasteiger partial charge in [-0.15, -0.1) is 0 Å². The van der Waals surface area contributed by atoms with Crippen LogP contribution in [0.4, 0.5) is 0 Å². The van der Waals surface area contributed by atoms with Crippen LogP contribution in [0.1, 0.15) is 47.0 Å². The zero-order valence-electron chi connectivity index (χ0n) is 16.4. The average Bonchev–Trinajstić information content (AvgIpc) is 2.36. The van der Waals surface area contributed by atoms with Crippen molar-refractivity contribution in [3.63, 3.8) is 0 Å². The Labute approximate surface area is 147 Å². The third-order valence-electron chi connectivity index (χ3n) is 4.09. The fourth-order valence-electron chi connectivity index (χ4n) is 2.06. The first-order valence-corrected chi connectivity index (χ1v) is 15.9. The molecule has 136 valence electrons. The lowest BCUT2D eigenvalue weighted by molar-refractivity contribution is -0.146. The molecule has 0 N–H and O–H groups in total. The summed E-state index contributed by atoms with van der Waals surface area (Å²) in [5, 5.41) is -0.625. The summed E-state index contributed by atoms with van der Waals surface area (Å²) in [5.74, 6) is -0.353. The normalized spacial score (nSPS) is 13.6. The summed E-state index contributed by atoms with van der Waals surface area (Å²) in [6.45, 7) is 19.8. The molecular formula is C16H36O4Si3. The standard InChI is InChI=1S/C16H36O4Si3/c1-10-11-12-13-21-19-23(8,9)20-22(6,7)16(4,5)18-15(17)14(2)3/h2,10-13,21H2,1,3-9H3. The Balaban J connectivity index is 4.67. The Kier molecular flexibility index (Phi) is 9.22. The van der Waals surface area contributed by atoms with E-state index in [0.29, 0.717) is 5.57 Å². The van der Waals surface area contributed by atoms with E-state index >= 15 is 0 Å². The number of esters is 1. The third kappa shape index (κ3) is 8.44. The topological polar surface area (TPSA) is 44.8 Å². The van der Waals surface area contributed by atoms with Crippen molar-refractivity contribution in [2.45, 2.75) is 84.4 Å². The van der Waals surface area contributed by atoms with Crippen molar-refractivity contribution in [1.82, 2.24) is 0 Å². The lowest BCUT2D eigenvalue weighted by Gasteiger charge is -2.43. The van der Waals surface area contributed by atoms with Crippen LogP contribution in [0.3, 0.4) is 0 Å². The van der Waals surface area contributed by atoms with Gasteiger partial charge in [0.25, 0.3) is 0 Å². The Hall–Kier alpha value is -0.219. The molecule has 0 fully saturated rings. The number of hydrogen-bond acceptors (Lipinski definition) is 4. The molecule has 4 nitrogen and oxygen atoms in total. The van der Waals surface area contributed by atoms with Crippen LogP contribution in [0.2, 0.25) is 32.2 Å². The molecule has 0 unspecified atom stereocenters. The molecule has 0 saturated carbocycles. The molecule has 7 heteroatoms. The van der Waals surface area contributed by atoms with Crippen LogP contribution in [-0.4, -0.2) is 37.8 Å². The smallest absolute Gasteiger partial charge is 0.333 e. The molecule has 0 aromatic heterocycles. The molecule has 0 rings (SSSR count). The molecule has 0 atom stereocenters. The van der Waals surface area contributed by atoms with Gasteiger partial charge in [-0.2, -0.15) is 0 Å². The van der Waals surface area contributed by atoms with E-state index in [4.69, 9.17) is 13.0 Å². The summed E-state index contributed by atoms with van der Waals surface area (Å²) < 4.78 is 18.3. The second-order valence-electron chi connectivity index (χ2n) is 7.60. The number of unbranched alkanes of at least 4 members (excludes halogenated alkanes) is 2. The monoisotopic (exact) mass is 376 g/mol. The SMILES string of the molecule is C=C(C)C(=O)OC(C)(C)[Si](C)(C)O[Si](C)(C)O[SiH2]CCCCC. The molecule has 0 spiro atoms. The number of ether oxygens (including phenoxy) is 1. The number of carbonyl (C=O) groups excluding carboxylic acids is 1. The number of hydrogen-bond donors (Lipinski definition) is 0. The van der Waals surface area contributed by atoms with Crippen molar-refractivity contribution in [1.29, 1.82) is 0 Å². The fraction of sp³-hybridized carbons (Fsp3) is 0.812. The number of rotatable bonds is 11. The highest BCUT2D eigenvalue weighted by Crippen LogP contribution is 2.29. The number of carbonyl (C=O) groups is 1. The van der Waals surface area contributed by atoms with Gasteiger partial charge in [0.15, 0.2) is 0 Å². The fourth-order valence-corrected chi connectivity index (χ4v) is 12.2. The molecule has 0 aliphatic heterocycles. The minimum atomic E-state index is -2.28. The van der Waals surface area contributed by atoms with Gasteiger partial charge in [0.05, 0.1) is 0 Å². The van der Waals surface area contributed by atoms with E-state index in [2.05, 4.69) is 39.7 Å². The highest BCUT2D eigenvalue weighted by atomic mass is 28.5.